The van der Waals surface area contributed by atoms with Crippen LogP contribution in [0.1, 0.15) is 29.5 Å². The Hall–Kier alpha value is -3.93. The van der Waals surface area contributed by atoms with E-state index >= 15 is 0 Å². The number of hydrogen-bond acceptors (Lipinski definition) is 4. The third kappa shape index (κ3) is 8.14. The van der Waals surface area contributed by atoms with Crippen LogP contribution in [0.2, 0.25) is 0 Å². The summed E-state index contributed by atoms with van der Waals surface area (Å²) in [6.45, 7) is 0.923. The summed E-state index contributed by atoms with van der Waals surface area (Å²) in [6, 6.07) is 27.0. The molecule has 0 aromatic heterocycles. The van der Waals surface area contributed by atoms with Gasteiger partial charge in [-0.05, 0) is 28.8 Å². The number of hydrogen-bond donors (Lipinski definition) is 2. The fourth-order valence-corrected chi connectivity index (χ4v) is 2.77. The average molecular weight is 415 g/mol. The minimum absolute atomic E-state index is 0.0676. The van der Waals surface area contributed by atoms with E-state index in [1.165, 1.54) is 0 Å². The Morgan fingerprint density at radius 1 is 0.806 bits per heavy atom. The molecule has 158 valence electrons. The monoisotopic (exact) mass is 415 g/mol. The van der Waals surface area contributed by atoms with E-state index in [1.54, 1.807) is 6.21 Å². The predicted octanol–water partition coefficient (Wildman–Crippen LogP) is 3.81. The molecule has 0 atom stereocenters. The number of nitrogens with zero attached hydrogens (tertiary/aromatic N) is 1. The van der Waals surface area contributed by atoms with Gasteiger partial charge < -0.3 is 10.1 Å². The molecular formula is C25H25N3O3. The van der Waals surface area contributed by atoms with Gasteiger partial charge in [0.2, 0.25) is 11.8 Å². The van der Waals surface area contributed by atoms with Crippen molar-refractivity contribution in [1.82, 2.24) is 10.7 Å². The first-order valence-electron chi connectivity index (χ1n) is 10.1. The van der Waals surface area contributed by atoms with Crippen LogP contribution in [-0.2, 0) is 22.7 Å². The molecule has 0 heterocycles. The Morgan fingerprint density at radius 2 is 1.48 bits per heavy atom. The van der Waals surface area contributed by atoms with Crippen molar-refractivity contribution in [2.24, 2.45) is 5.10 Å². The summed E-state index contributed by atoms with van der Waals surface area (Å²) in [4.78, 5) is 23.8. The van der Waals surface area contributed by atoms with E-state index in [0.717, 1.165) is 16.7 Å². The number of hydrazone groups is 1. The number of ether oxygens (including phenoxy) is 1. The van der Waals surface area contributed by atoms with Crippen LogP contribution in [0.5, 0.6) is 5.75 Å². The minimum Gasteiger partial charge on any atom is -0.489 e. The molecule has 0 radical (unpaired) electrons. The largest absolute Gasteiger partial charge is 0.489 e. The molecule has 2 amide bonds. The standard InChI is InChI=1S/C25H25N3O3/c29-24(26-17-20-8-3-1-4-9-20)14-15-25(30)28-27-18-22-12-7-13-23(16-22)31-19-21-10-5-2-6-11-21/h1-13,16,18H,14-15,17,19H2,(H,26,29)(H,28,30). The summed E-state index contributed by atoms with van der Waals surface area (Å²) < 4.78 is 5.79. The van der Waals surface area contributed by atoms with E-state index in [9.17, 15) is 9.59 Å². The molecule has 2 N–H and O–H groups in total. The minimum atomic E-state index is -0.317. The third-order valence-electron chi connectivity index (χ3n) is 4.42. The Morgan fingerprint density at radius 3 is 2.23 bits per heavy atom. The molecule has 3 rings (SSSR count). The second kappa shape index (κ2) is 11.9. The van der Waals surface area contributed by atoms with Crippen LogP contribution in [-0.4, -0.2) is 18.0 Å². The highest BCUT2D eigenvalue weighted by atomic mass is 16.5. The Kier molecular flexibility index (Phi) is 8.37. The smallest absolute Gasteiger partial charge is 0.240 e. The molecule has 0 spiro atoms. The van der Waals surface area contributed by atoms with Gasteiger partial charge in [-0.25, -0.2) is 5.43 Å². The van der Waals surface area contributed by atoms with Crippen molar-refractivity contribution in [2.45, 2.75) is 26.0 Å². The maximum atomic E-state index is 11.9. The zero-order valence-electron chi connectivity index (χ0n) is 17.2. The molecular weight excluding hydrogens is 390 g/mol. The van der Waals surface area contributed by atoms with Crippen molar-refractivity contribution in [3.05, 3.63) is 102 Å². The van der Waals surface area contributed by atoms with Gasteiger partial charge in [-0.15, -0.1) is 0 Å². The number of carbonyl (C=O) groups excluding carboxylic acids is 2. The Balaban J connectivity index is 1.37. The molecule has 0 aliphatic rings. The molecule has 0 saturated carbocycles. The van der Waals surface area contributed by atoms with Gasteiger partial charge >= 0.3 is 0 Å². The lowest BCUT2D eigenvalue weighted by molar-refractivity contribution is -0.126. The molecule has 0 fully saturated rings. The van der Waals surface area contributed by atoms with E-state index in [-0.39, 0.29) is 24.7 Å². The zero-order valence-corrected chi connectivity index (χ0v) is 17.2. The number of carbonyl (C=O) groups is 2. The van der Waals surface area contributed by atoms with Crippen molar-refractivity contribution < 1.29 is 14.3 Å². The fourth-order valence-electron chi connectivity index (χ4n) is 2.77. The van der Waals surface area contributed by atoms with Crippen LogP contribution < -0.4 is 15.5 Å². The van der Waals surface area contributed by atoms with Crippen LogP contribution in [0, 0.1) is 0 Å². The summed E-state index contributed by atoms with van der Waals surface area (Å²) in [5.74, 6) is 0.225. The molecule has 0 aliphatic heterocycles. The van der Waals surface area contributed by atoms with E-state index < -0.39 is 0 Å². The Bertz CT molecular complexity index is 1000. The molecule has 6 heteroatoms. The molecule has 0 bridgehead atoms. The molecule has 3 aromatic carbocycles. The Labute approximate surface area is 182 Å². The second-order valence-corrected chi connectivity index (χ2v) is 6.90. The zero-order chi connectivity index (χ0) is 21.7. The quantitative estimate of drug-likeness (QED) is 0.390. The summed E-state index contributed by atoms with van der Waals surface area (Å²) in [5.41, 5.74) is 5.34. The number of rotatable bonds is 10. The van der Waals surface area contributed by atoms with Gasteiger partial charge in [-0.1, -0.05) is 72.8 Å². The lowest BCUT2D eigenvalue weighted by Gasteiger charge is -2.07. The van der Waals surface area contributed by atoms with Gasteiger partial charge in [0, 0.05) is 19.4 Å². The van der Waals surface area contributed by atoms with Gasteiger partial charge in [-0.2, -0.15) is 5.10 Å². The summed E-state index contributed by atoms with van der Waals surface area (Å²) in [6.07, 6.45) is 1.72. The molecule has 0 aliphatic carbocycles. The average Bonchev–Trinajstić information content (AvgIpc) is 2.82. The molecule has 3 aromatic rings. The van der Waals surface area contributed by atoms with Gasteiger partial charge in [0.25, 0.3) is 0 Å². The van der Waals surface area contributed by atoms with Crippen LogP contribution >= 0.6 is 0 Å². The summed E-state index contributed by atoms with van der Waals surface area (Å²) in [5, 5.41) is 6.76. The van der Waals surface area contributed by atoms with Crippen molar-refractivity contribution >= 4 is 18.0 Å². The van der Waals surface area contributed by atoms with Crippen molar-refractivity contribution in [1.29, 1.82) is 0 Å². The predicted molar refractivity (Wildman–Crippen MR) is 120 cm³/mol. The highest BCUT2D eigenvalue weighted by Gasteiger charge is 2.06. The second-order valence-electron chi connectivity index (χ2n) is 6.90. The van der Waals surface area contributed by atoms with Crippen LogP contribution in [0.15, 0.2) is 90.0 Å². The van der Waals surface area contributed by atoms with E-state index in [2.05, 4.69) is 15.8 Å². The molecule has 31 heavy (non-hydrogen) atoms. The highest BCUT2D eigenvalue weighted by molar-refractivity contribution is 5.85. The summed E-state index contributed by atoms with van der Waals surface area (Å²) in [7, 11) is 0. The lowest BCUT2D eigenvalue weighted by Crippen LogP contribution is -2.25. The van der Waals surface area contributed by atoms with Gasteiger partial charge in [0.15, 0.2) is 0 Å². The molecule has 6 nitrogen and oxygen atoms in total. The third-order valence-corrected chi connectivity index (χ3v) is 4.42. The van der Waals surface area contributed by atoms with E-state index in [0.29, 0.717) is 18.9 Å². The van der Waals surface area contributed by atoms with Gasteiger partial charge in [0.05, 0.1) is 6.21 Å². The first kappa shape index (κ1) is 21.8. The lowest BCUT2D eigenvalue weighted by atomic mass is 10.2. The van der Waals surface area contributed by atoms with Gasteiger partial charge in [-0.3, -0.25) is 9.59 Å². The van der Waals surface area contributed by atoms with Gasteiger partial charge in [0.1, 0.15) is 12.4 Å². The SMILES string of the molecule is O=C(CCC(=O)NN=Cc1cccc(OCc2ccccc2)c1)NCc1ccccc1. The molecule has 0 unspecified atom stereocenters. The maximum absolute atomic E-state index is 11.9. The highest BCUT2D eigenvalue weighted by Crippen LogP contribution is 2.14. The van der Waals surface area contributed by atoms with Crippen LogP contribution in [0.4, 0.5) is 0 Å². The van der Waals surface area contributed by atoms with Crippen molar-refractivity contribution in [2.75, 3.05) is 0 Å². The van der Waals surface area contributed by atoms with E-state index in [1.807, 2.05) is 84.9 Å². The normalized spacial score (nSPS) is 10.6. The topological polar surface area (TPSA) is 79.8 Å². The van der Waals surface area contributed by atoms with Crippen molar-refractivity contribution in [3.8, 4) is 5.75 Å². The van der Waals surface area contributed by atoms with Crippen LogP contribution in [0.3, 0.4) is 0 Å². The number of nitrogens with one attached hydrogen (secondary N) is 2. The fraction of sp³-hybridized carbons (Fsp3) is 0.160. The van der Waals surface area contributed by atoms with Crippen LogP contribution in [0.25, 0.3) is 0 Å². The number of amides is 2. The van der Waals surface area contributed by atoms with E-state index in [4.69, 9.17) is 4.74 Å². The maximum Gasteiger partial charge on any atom is 0.240 e. The first-order chi connectivity index (χ1) is 15.2. The number of benzene rings is 3. The first-order valence-corrected chi connectivity index (χ1v) is 10.1. The summed E-state index contributed by atoms with van der Waals surface area (Å²) >= 11 is 0. The van der Waals surface area contributed by atoms with Crippen molar-refractivity contribution in [3.63, 3.8) is 0 Å². The molecule has 0 saturated heterocycles.